The molecule has 0 saturated heterocycles. The van der Waals surface area contributed by atoms with Gasteiger partial charge in [0.15, 0.2) is 0 Å². The molecule has 0 aromatic heterocycles. The van der Waals surface area contributed by atoms with Crippen LogP contribution in [0.25, 0.3) is 0 Å². The van der Waals surface area contributed by atoms with E-state index in [1.54, 1.807) is 7.11 Å². The molecule has 0 radical (unpaired) electrons. The second kappa shape index (κ2) is 11.1. The number of anilines is 1. The third kappa shape index (κ3) is 5.88. The molecule has 3 N–H and O–H groups in total. The molecule has 5 heteroatoms. The number of aromatic hydroxyl groups is 1. The van der Waals surface area contributed by atoms with Gasteiger partial charge in [-0.25, -0.2) is 0 Å². The maximum absolute atomic E-state index is 9.89. The Kier molecular flexibility index (Phi) is 7.61. The summed E-state index contributed by atoms with van der Waals surface area (Å²) in [5, 5.41) is 9.89. The number of aryl methyl sites for hydroxylation is 1. The zero-order valence-corrected chi connectivity index (χ0v) is 22.2. The number of phenols is 1. The minimum Gasteiger partial charge on any atom is -0.508 e. The Hall–Kier alpha value is -3.18. The quantitative estimate of drug-likeness (QED) is 0.358. The van der Waals surface area contributed by atoms with Crippen LogP contribution in [0.15, 0.2) is 60.7 Å². The van der Waals surface area contributed by atoms with Crippen LogP contribution in [-0.2, 0) is 19.4 Å². The maximum atomic E-state index is 9.89. The highest BCUT2D eigenvalue weighted by Crippen LogP contribution is 2.40. The van der Waals surface area contributed by atoms with Gasteiger partial charge in [0, 0.05) is 24.8 Å². The van der Waals surface area contributed by atoms with Gasteiger partial charge in [0.1, 0.15) is 23.9 Å². The van der Waals surface area contributed by atoms with Crippen molar-refractivity contribution in [1.82, 2.24) is 0 Å². The first-order chi connectivity index (χ1) is 18.0. The van der Waals surface area contributed by atoms with Gasteiger partial charge in [0.25, 0.3) is 0 Å². The Morgan fingerprint density at radius 3 is 2.46 bits per heavy atom. The Morgan fingerprint density at radius 1 is 0.973 bits per heavy atom. The molecule has 0 aliphatic heterocycles. The number of phenolic OH excluding ortho intramolecular Hbond substituents is 1. The summed E-state index contributed by atoms with van der Waals surface area (Å²) in [6.07, 6.45) is 7.55. The smallest absolute Gasteiger partial charge is 0.120 e. The molecule has 5 nitrogen and oxygen atoms in total. The van der Waals surface area contributed by atoms with Crippen molar-refractivity contribution in [1.29, 1.82) is 0 Å². The Labute approximate surface area is 221 Å². The Bertz CT molecular complexity index is 1200. The molecule has 2 aliphatic rings. The SMILES string of the molecule is CCN(Cc1ccc(OCC2(N)CCCC2)cc1)c1cc(OC)ccc1[C@@H]1CCc2cc(O)ccc2C1. The number of rotatable bonds is 9. The van der Waals surface area contributed by atoms with Crippen molar-refractivity contribution in [2.24, 2.45) is 5.73 Å². The molecule has 3 aromatic carbocycles. The molecular weight excluding hydrogens is 460 g/mol. The first kappa shape index (κ1) is 25.5. The van der Waals surface area contributed by atoms with Crippen molar-refractivity contribution in [2.45, 2.75) is 69.9 Å². The van der Waals surface area contributed by atoms with E-state index in [1.807, 2.05) is 12.1 Å². The zero-order chi connectivity index (χ0) is 25.8. The predicted octanol–water partition coefficient (Wildman–Crippen LogP) is 6.35. The van der Waals surface area contributed by atoms with E-state index in [1.165, 1.54) is 40.8 Å². The largest absolute Gasteiger partial charge is 0.508 e. The van der Waals surface area contributed by atoms with Gasteiger partial charge in [-0.2, -0.15) is 0 Å². The average Bonchev–Trinajstić information content (AvgIpc) is 3.37. The van der Waals surface area contributed by atoms with Gasteiger partial charge < -0.3 is 25.2 Å². The second-order valence-corrected chi connectivity index (χ2v) is 10.8. The summed E-state index contributed by atoms with van der Waals surface area (Å²) in [6.45, 7) is 4.51. The zero-order valence-electron chi connectivity index (χ0n) is 22.2. The molecule has 1 fully saturated rings. The van der Waals surface area contributed by atoms with Crippen LogP contribution in [0, 0.1) is 0 Å². The number of hydrogen-bond donors (Lipinski definition) is 2. The number of ether oxygens (including phenoxy) is 2. The van der Waals surface area contributed by atoms with E-state index in [0.717, 1.165) is 56.7 Å². The van der Waals surface area contributed by atoms with E-state index in [0.29, 0.717) is 18.3 Å². The van der Waals surface area contributed by atoms with Gasteiger partial charge in [-0.15, -0.1) is 0 Å². The lowest BCUT2D eigenvalue weighted by Crippen LogP contribution is -2.42. The van der Waals surface area contributed by atoms with Crippen molar-refractivity contribution in [3.05, 3.63) is 82.9 Å². The number of benzene rings is 3. The average molecular weight is 501 g/mol. The highest BCUT2D eigenvalue weighted by atomic mass is 16.5. The van der Waals surface area contributed by atoms with E-state index >= 15 is 0 Å². The van der Waals surface area contributed by atoms with Crippen LogP contribution in [-0.4, -0.2) is 30.9 Å². The third-order valence-corrected chi connectivity index (χ3v) is 8.24. The molecule has 0 bridgehead atoms. The van der Waals surface area contributed by atoms with Crippen LogP contribution < -0.4 is 20.1 Å². The van der Waals surface area contributed by atoms with Crippen molar-refractivity contribution < 1.29 is 14.6 Å². The standard InChI is InChI=1S/C32H40N2O3/c1-3-34(21-23-6-12-28(13-7-23)37-22-32(33)16-4-5-17-32)31-20-29(36-2)14-15-30(31)26-9-8-25-19-27(35)11-10-24(25)18-26/h6-7,10-15,19-20,26,35H,3-5,8-9,16-18,21-22,33H2,1-2H3/t26-/m1/s1. The van der Waals surface area contributed by atoms with Gasteiger partial charge >= 0.3 is 0 Å². The fraction of sp³-hybridized carbons (Fsp3) is 0.438. The monoisotopic (exact) mass is 500 g/mol. The normalized spacial score (nSPS) is 18.3. The molecule has 0 heterocycles. The van der Waals surface area contributed by atoms with Crippen LogP contribution in [0.2, 0.25) is 0 Å². The summed E-state index contributed by atoms with van der Waals surface area (Å²) in [5.41, 5.74) is 12.8. The molecule has 5 rings (SSSR count). The number of nitrogens with two attached hydrogens (primary N) is 1. The molecule has 0 unspecified atom stereocenters. The summed E-state index contributed by atoms with van der Waals surface area (Å²) < 4.78 is 11.7. The Morgan fingerprint density at radius 2 is 1.73 bits per heavy atom. The van der Waals surface area contributed by atoms with Gasteiger partial charge in [-0.1, -0.05) is 37.1 Å². The second-order valence-electron chi connectivity index (χ2n) is 10.8. The molecule has 37 heavy (non-hydrogen) atoms. The van der Waals surface area contributed by atoms with Gasteiger partial charge in [0.05, 0.1) is 12.6 Å². The molecule has 0 amide bonds. The number of nitrogens with zero attached hydrogens (tertiary/aromatic N) is 1. The summed E-state index contributed by atoms with van der Waals surface area (Å²) in [6, 6.07) is 20.8. The fourth-order valence-electron chi connectivity index (χ4n) is 6.01. The molecule has 1 atom stereocenters. The third-order valence-electron chi connectivity index (χ3n) is 8.24. The highest BCUT2D eigenvalue weighted by molar-refractivity contribution is 5.60. The van der Waals surface area contributed by atoms with Crippen LogP contribution in [0.3, 0.4) is 0 Å². The van der Waals surface area contributed by atoms with Crippen LogP contribution >= 0.6 is 0 Å². The lowest BCUT2D eigenvalue weighted by Gasteiger charge is -2.32. The molecule has 2 aliphatic carbocycles. The minimum atomic E-state index is -0.166. The van der Waals surface area contributed by atoms with Crippen molar-refractivity contribution in [3.63, 3.8) is 0 Å². The predicted molar refractivity (Wildman–Crippen MR) is 150 cm³/mol. The topological polar surface area (TPSA) is 68.0 Å². The number of hydrogen-bond acceptors (Lipinski definition) is 5. The van der Waals surface area contributed by atoms with E-state index in [4.69, 9.17) is 15.2 Å². The molecule has 1 saturated carbocycles. The van der Waals surface area contributed by atoms with E-state index in [2.05, 4.69) is 60.4 Å². The van der Waals surface area contributed by atoms with Crippen molar-refractivity contribution in [3.8, 4) is 17.2 Å². The van der Waals surface area contributed by atoms with Crippen molar-refractivity contribution in [2.75, 3.05) is 25.2 Å². The first-order valence-corrected chi connectivity index (χ1v) is 13.7. The van der Waals surface area contributed by atoms with Crippen LogP contribution in [0.4, 0.5) is 5.69 Å². The molecule has 3 aromatic rings. The van der Waals surface area contributed by atoms with Gasteiger partial charge in [0.2, 0.25) is 0 Å². The van der Waals surface area contributed by atoms with E-state index < -0.39 is 0 Å². The van der Waals surface area contributed by atoms with Gasteiger partial charge in [-0.05, 0) is 97.5 Å². The first-order valence-electron chi connectivity index (χ1n) is 13.7. The summed E-state index contributed by atoms with van der Waals surface area (Å²) >= 11 is 0. The Balaban J connectivity index is 1.33. The minimum absolute atomic E-state index is 0.166. The summed E-state index contributed by atoms with van der Waals surface area (Å²) in [4.78, 5) is 2.44. The lowest BCUT2D eigenvalue weighted by molar-refractivity contribution is 0.220. The van der Waals surface area contributed by atoms with Crippen LogP contribution in [0.5, 0.6) is 17.2 Å². The van der Waals surface area contributed by atoms with E-state index in [9.17, 15) is 5.11 Å². The van der Waals surface area contributed by atoms with Crippen LogP contribution in [0.1, 0.15) is 67.2 Å². The number of fused-ring (bicyclic) bond motifs is 1. The summed E-state index contributed by atoms with van der Waals surface area (Å²) in [7, 11) is 1.73. The van der Waals surface area contributed by atoms with E-state index in [-0.39, 0.29) is 5.54 Å². The van der Waals surface area contributed by atoms with Gasteiger partial charge in [-0.3, -0.25) is 0 Å². The maximum Gasteiger partial charge on any atom is 0.120 e. The highest BCUT2D eigenvalue weighted by Gasteiger charge is 2.30. The number of methoxy groups -OCH3 is 1. The summed E-state index contributed by atoms with van der Waals surface area (Å²) in [5.74, 6) is 2.56. The molecular formula is C32H40N2O3. The van der Waals surface area contributed by atoms with Crippen molar-refractivity contribution >= 4 is 5.69 Å². The fourth-order valence-corrected chi connectivity index (χ4v) is 6.01. The molecule has 0 spiro atoms. The lowest BCUT2D eigenvalue weighted by atomic mass is 9.79. The molecule has 196 valence electrons.